The van der Waals surface area contributed by atoms with Crippen molar-refractivity contribution in [2.45, 2.75) is 12.7 Å². The fraction of sp³-hybridized carbons (Fsp3) is 0.150. The molecule has 3 heterocycles. The highest BCUT2D eigenvalue weighted by Crippen LogP contribution is 2.30. The van der Waals surface area contributed by atoms with E-state index in [4.69, 9.17) is 0 Å². The van der Waals surface area contributed by atoms with E-state index in [0.29, 0.717) is 30.0 Å². The number of nitrogens with zero attached hydrogens (tertiary/aromatic N) is 4. The topological polar surface area (TPSA) is 64.2 Å². The van der Waals surface area contributed by atoms with Crippen LogP contribution in [0, 0.1) is 3.70 Å². The molecule has 0 radical (unpaired) electrons. The lowest BCUT2D eigenvalue weighted by Gasteiger charge is -2.10. The third-order valence-electron chi connectivity index (χ3n) is 4.63. The van der Waals surface area contributed by atoms with Crippen LogP contribution in [-0.2, 0) is 12.7 Å². The van der Waals surface area contributed by atoms with Crippen LogP contribution in [0.1, 0.15) is 16.1 Å². The number of carbonyl (C=O) groups excluding carboxylic acids is 1. The maximum absolute atomic E-state index is 12.6. The number of halogens is 4. The summed E-state index contributed by atoms with van der Waals surface area (Å²) in [5, 5.41) is 7.34. The molecule has 0 saturated carbocycles. The van der Waals surface area contributed by atoms with Crippen molar-refractivity contribution in [2.24, 2.45) is 0 Å². The number of hydrogen-bond donors (Lipinski definition) is 1. The van der Waals surface area contributed by atoms with Gasteiger partial charge in [0.05, 0.1) is 24.5 Å². The minimum absolute atomic E-state index is 0.375. The number of aldehydes is 1. The first-order chi connectivity index (χ1) is 14.4. The van der Waals surface area contributed by atoms with Crippen molar-refractivity contribution < 1.29 is 18.0 Å². The van der Waals surface area contributed by atoms with E-state index >= 15 is 0 Å². The second kappa shape index (κ2) is 8.09. The van der Waals surface area contributed by atoms with Gasteiger partial charge in [0.15, 0.2) is 6.29 Å². The summed E-state index contributed by atoms with van der Waals surface area (Å²) in [4.78, 5) is 16.0. The Kier molecular flexibility index (Phi) is 5.50. The van der Waals surface area contributed by atoms with E-state index in [-0.39, 0.29) is 0 Å². The first kappa shape index (κ1) is 20.4. The van der Waals surface area contributed by atoms with E-state index in [2.05, 4.69) is 38.0 Å². The van der Waals surface area contributed by atoms with Crippen molar-refractivity contribution in [2.75, 3.05) is 11.9 Å². The standard InChI is InChI=1S/C20H15F3IN5O/c21-20(22,23)14-2-4-15(5-3-14)25-7-8-29-17(12-30)16(9-27-29)13-1-6-19-26-10-18(24)28(19)11-13/h1-6,9-12,25H,7-8H2. The van der Waals surface area contributed by atoms with Crippen LogP contribution in [0.5, 0.6) is 0 Å². The molecule has 6 nitrogen and oxygen atoms in total. The molecule has 0 atom stereocenters. The van der Waals surface area contributed by atoms with Crippen LogP contribution in [0.4, 0.5) is 18.9 Å². The molecule has 0 unspecified atom stereocenters. The zero-order valence-electron chi connectivity index (χ0n) is 15.4. The van der Waals surface area contributed by atoms with E-state index < -0.39 is 11.7 Å². The molecule has 30 heavy (non-hydrogen) atoms. The Bertz CT molecular complexity index is 1200. The van der Waals surface area contributed by atoms with Crippen molar-refractivity contribution >= 4 is 40.2 Å². The fourth-order valence-electron chi connectivity index (χ4n) is 3.11. The predicted octanol–water partition coefficient (Wildman–Crippen LogP) is 4.75. The predicted molar refractivity (Wildman–Crippen MR) is 114 cm³/mol. The number of pyridine rings is 1. The van der Waals surface area contributed by atoms with Gasteiger partial charge in [0.25, 0.3) is 0 Å². The van der Waals surface area contributed by atoms with Crippen molar-refractivity contribution in [3.8, 4) is 11.1 Å². The van der Waals surface area contributed by atoms with Crippen LogP contribution in [0.25, 0.3) is 16.8 Å². The molecule has 0 amide bonds. The fourth-order valence-corrected chi connectivity index (χ4v) is 3.64. The molecular formula is C20H15F3IN5O. The highest BCUT2D eigenvalue weighted by molar-refractivity contribution is 14.1. The van der Waals surface area contributed by atoms with Gasteiger partial charge in [0, 0.05) is 29.6 Å². The van der Waals surface area contributed by atoms with Crippen LogP contribution in [-0.4, -0.2) is 32.0 Å². The van der Waals surface area contributed by atoms with E-state index in [1.54, 1.807) is 17.1 Å². The molecular weight excluding hydrogens is 510 g/mol. The second-order valence-electron chi connectivity index (χ2n) is 6.51. The summed E-state index contributed by atoms with van der Waals surface area (Å²) >= 11 is 2.18. The molecule has 0 saturated heterocycles. The molecule has 1 N–H and O–H groups in total. The van der Waals surface area contributed by atoms with Gasteiger partial charge < -0.3 is 5.32 Å². The normalized spacial score (nSPS) is 11.7. The first-order valence-corrected chi connectivity index (χ1v) is 10.00. The molecule has 0 aliphatic carbocycles. The van der Waals surface area contributed by atoms with Gasteiger partial charge in [-0.1, -0.05) is 0 Å². The monoisotopic (exact) mass is 525 g/mol. The summed E-state index contributed by atoms with van der Waals surface area (Å²) in [6.07, 6.45) is 1.69. The summed E-state index contributed by atoms with van der Waals surface area (Å²) in [7, 11) is 0. The number of hydrogen-bond acceptors (Lipinski definition) is 4. The number of rotatable bonds is 6. The SMILES string of the molecule is O=Cc1c(-c2ccc3ncc(I)n3c2)cnn1CCNc1ccc(C(F)(F)F)cc1. The Morgan fingerprint density at radius 3 is 2.57 bits per heavy atom. The number of anilines is 1. The quantitative estimate of drug-likeness (QED) is 0.292. The number of nitrogens with one attached hydrogen (secondary N) is 1. The van der Waals surface area contributed by atoms with Crippen LogP contribution in [0.3, 0.4) is 0 Å². The number of fused-ring (bicyclic) bond motifs is 1. The minimum Gasteiger partial charge on any atom is -0.383 e. The number of benzene rings is 1. The summed E-state index contributed by atoms with van der Waals surface area (Å²) in [6.45, 7) is 0.770. The lowest BCUT2D eigenvalue weighted by atomic mass is 10.1. The van der Waals surface area contributed by atoms with Gasteiger partial charge in [-0.05, 0) is 59.0 Å². The molecule has 0 aliphatic heterocycles. The number of carbonyl (C=O) groups is 1. The second-order valence-corrected chi connectivity index (χ2v) is 7.62. The third kappa shape index (κ3) is 4.04. The third-order valence-corrected chi connectivity index (χ3v) is 5.43. The van der Waals surface area contributed by atoms with Crippen molar-refractivity contribution in [3.63, 3.8) is 0 Å². The smallest absolute Gasteiger partial charge is 0.383 e. The molecule has 0 fully saturated rings. The average molecular weight is 525 g/mol. The van der Waals surface area contributed by atoms with Crippen molar-refractivity contribution in [1.82, 2.24) is 19.2 Å². The Morgan fingerprint density at radius 1 is 1.10 bits per heavy atom. The van der Waals surface area contributed by atoms with Crippen LogP contribution >= 0.6 is 22.6 Å². The van der Waals surface area contributed by atoms with Gasteiger partial charge >= 0.3 is 6.18 Å². The van der Waals surface area contributed by atoms with E-state index in [9.17, 15) is 18.0 Å². The van der Waals surface area contributed by atoms with Gasteiger partial charge in [-0.15, -0.1) is 0 Å². The molecule has 10 heteroatoms. The van der Waals surface area contributed by atoms with E-state index in [0.717, 1.165) is 33.3 Å². The van der Waals surface area contributed by atoms with Crippen LogP contribution in [0.15, 0.2) is 55.0 Å². The zero-order chi connectivity index (χ0) is 21.3. The van der Waals surface area contributed by atoms with Crippen LogP contribution < -0.4 is 5.32 Å². The summed E-state index contributed by atoms with van der Waals surface area (Å²) in [5.74, 6) is 0. The Labute approximate surface area is 182 Å². The molecule has 4 rings (SSSR count). The summed E-state index contributed by atoms with van der Waals surface area (Å²) in [5.41, 5.74) is 2.64. The van der Waals surface area contributed by atoms with Gasteiger partial charge in [0.2, 0.25) is 0 Å². The van der Waals surface area contributed by atoms with Crippen molar-refractivity contribution in [3.05, 3.63) is 69.9 Å². The molecule has 3 aromatic heterocycles. The van der Waals surface area contributed by atoms with Gasteiger partial charge in [-0.3, -0.25) is 13.9 Å². The number of aromatic nitrogens is 4. The van der Waals surface area contributed by atoms with Crippen LogP contribution in [0.2, 0.25) is 0 Å². The Hall–Kier alpha value is -2.89. The largest absolute Gasteiger partial charge is 0.416 e. The van der Waals surface area contributed by atoms with E-state index in [1.807, 2.05) is 22.7 Å². The molecule has 4 aromatic rings. The lowest BCUT2D eigenvalue weighted by Crippen LogP contribution is -2.14. The number of alkyl halides is 3. The molecule has 154 valence electrons. The van der Waals surface area contributed by atoms with Gasteiger partial charge in [0.1, 0.15) is 15.0 Å². The Morgan fingerprint density at radius 2 is 1.87 bits per heavy atom. The van der Waals surface area contributed by atoms with Crippen molar-refractivity contribution in [1.29, 1.82) is 0 Å². The average Bonchev–Trinajstić information content (AvgIpc) is 3.31. The maximum atomic E-state index is 12.6. The maximum Gasteiger partial charge on any atom is 0.416 e. The summed E-state index contributed by atoms with van der Waals surface area (Å²) in [6, 6.07) is 8.56. The molecule has 0 aliphatic rings. The highest BCUT2D eigenvalue weighted by atomic mass is 127. The molecule has 0 bridgehead atoms. The highest BCUT2D eigenvalue weighted by Gasteiger charge is 2.29. The molecule has 0 spiro atoms. The Balaban J connectivity index is 1.48. The van der Waals surface area contributed by atoms with Gasteiger partial charge in [-0.2, -0.15) is 18.3 Å². The first-order valence-electron chi connectivity index (χ1n) is 8.92. The molecule has 1 aromatic carbocycles. The summed E-state index contributed by atoms with van der Waals surface area (Å²) < 4.78 is 42.4. The minimum atomic E-state index is -4.36. The van der Waals surface area contributed by atoms with Gasteiger partial charge in [-0.25, -0.2) is 4.98 Å². The zero-order valence-corrected chi connectivity index (χ0v) is 17.6. The number of imidazole rings is 1. The lowest BCUT2D eigenvalue weighted by molar-refractivity contribution is -0.137. The van der Waals surface area contributed by atoms with E-state index in [1.165, 1.54) is 12.1 Å².